The summed E-state index contributed by atoms with van der Waals surface area (Å²) in [7, 11) is 0. The van der Waals surface area contributed by atoms with E-state index in [-0.39, 0.29) is 17.3 Å². The van der Waals surface area contributed by atoms with E-state index in [2.05, 4.69) is 28.3 Å². The molecule has 3 atom stereocenters. The zero-order valence-corrected chi connectivity index (χ0v) is 14.9. The van der Waals surface area contributed by atoms with Crippen molar-refractivity contribution in [2.45, 2.75) is 23.8 Å². The molecule has 25 heavy (non-hydrogen) atoms. The predicted octanol–water partition coefficient (Wildman–Crippen LogP) is 2.15. The molecule has 0 aliphatic heterocycles. The van der Waals surface area contributed by atoms with Gasteiger partial charge in [0, 0.05) is 12.1 Å². The molecule has 3 rings (SSSR count). The third kappa shape index (κ3) is 4.49. The molecule has 0 spiro atoms. The largest absolute Gasteiger partial charge is 0.358 e. The van der Waals surface area contributed by atoms with Gasteiger partial charge in [-0.25, -0.2) is 0 Å². The monoisotopic (exact) mass is 378 g/mol. The number of nitrogens with one attached hydrogen (secondary N) is 3. The van der Waals surface area contributed by atoms with E-state index >= 15 is 0 Å². The number of rotatable bonds is 5. The molecular formula is C16H18N4O3S2. The smallest absolute Gasteiger partial charge is 0.282 e. The lowest BCUT2D eigenvalue weighted by Gasteiger charge is -2.21. The van der Waals surface area contributed by atoms with E-state index < -0.39 is 4.92 Å². The Morgan fingerprint density at radius 2 is 2.08 bits per heavy atom. The highest BCUT2D eigenvalue weighted by molar-refractivity contribution is 8.00. The highest BCUT2D eigenvalue weighted by Gasteiger charge is 2.35. The number of thiocarbonyl (C=S) groups is 1. The van der Waals surface area contributed by atoms with Crippen LogP contribution in [-0.2, 0) is 4.79 Å². The number of hydrogen-bond donors (Lipinski definition) is 3. The molecule has 7 nitrogen and oxygen atoms in total. The van der Waals surface area contributed by atoms with Crippen molar-refractivity contribution in [3.63, 3.8) is 0 Å². The molecular weight excluding hydrogens is 360 g/mol. The number of carbonyl (C=O) groups is 1. The average molecular weight is 378 g/mol. The third-order valence-electron chi connectivity index (χ3n) is 4.33. The number of benzene rings is 1. The molecule has 1 amide bonds. The van der Waals surface area contributed by atoms with Crippen molar-refractivity contribution in [1.82, 2.24) is 16.2 Å². The third-order valence-corrected chi connectivity index (χ3v) is 5.61. The van der Waals surface area contributed by atoms with Gasteiger partial charge in [0.25, 0.3) is 5.69 Å². The summed E-state index contributed by atoms with van der Waals surface area (Å²) >= 11 is 6.31. The average Bonchev–Trinajstić information content (AvgIpc) is 3.21. The van der Waals surface area contributed by atoms with Gasteiger partial charge in [0.1, 0.15) is 0 Å². The molecule has 0 aromatic heterocycles. The minimum Gasteiger partial charge on any atom is -0.358 e. The van der Waals surface area contributed by atoms with Crippen molar-refractivity contribution in [1.29, 1.82) is 0 Å². The van der Waals surface area contributed by atoms with Gasteiger partial charge in [-0.05, 0) is 43.0 Å². The highest BCUT2D eigenvalue weighted by Crippen LogP contribution is 2.38. The van der Waals surface area contributed by atoms with Crippen LogP contribution in [0.3, 0.4) is 0 Å². The van der Waals surface area contributed by atoms with Crippen LogP contribution in [-0.4, -0.2) is 27.7 Å². The van der Waals surface area contributed by atoms with Crippen molar-refractivity contribution < 1.29 is 9.72 Å². The van der Waals surface area contributed by atoms with E-state index in [0.717, 1.165) is 18.2 Å². The number of nitro groups is 1. The van der Waals surface area contributed by atoms with Gasteiger partial charge in [-0.3, -0.25) is 25.8 Å². The maximum atomic E-state index is 11.9. The van der Waals surface area contributed by atoms with Crippen LogP contribution in [0.2, 0.25) is 0 Å². The maximum absolute atomic E-state index is 11.9. The lowest BCUT2D eigenvalue weighted by Crippen LogP contribution is -2.50. The second kappa shape index (κ2) is 7.83. The van der Waals surface area contributed by atoms with Crippen molar-refractivity contribution in [3.05, 3.63) is 46.5 Å². The maximum Gasteiger partial charge on any atom is 0.282 e. The molecule has 1 saturated carbocycles. The minimum atomic E-state index is -0.457. The Kier molecular flexibility index (Phi) is 5.54. The molecule has 0 radical (unpaired) electrons. The van der Waals surface area contributed by atoms with E-state index in [9.17, 15) is 14.9 Å². The molecule has 3 unspecified atom stereocenters. The molecule has 9 heteroatoms. The molecule has 2 aliphatic carbocycles. The van der Waals surface area contributed by atoms with Gasteiger partial charge in [-0.1, -0.05) is 24.3 Å². The lowest BCUT2D eigenvalue weighted by molar-refractivity contribution is -0.387. The summed E-state index contributed by atoms with van der Waals surface area (Å²) in [6, 6.07) is 6.65. The van der Waals surface area contributed by atoms with Gasteiger partial charge in [0.2, 0.25) is 5.91 Å². The lowest BCUT2D eigenvalue weighted by atomic mass is 10.0. The fraction of sp³-hybridized carbons (Fsp3) is 0.375. The Morgan fingerprint density at radius 1 is 1.28 bits per heavy atom. The van der Waals surface area contributed by atoms with Crippen LogP contribution in [0.1, 0.15) is 12.8 Å². The fourth-order valence-electron chi connectivity index (χ4n) is 3.19. The molecule has 2 aliphatic rings. The van der Waals surface area contributed by atoms with Crippen LogP contribution in [0.25, 0.3) is 0 Å². The highest BCUT2D eigenvalue weighted by atomic mass is 32.2. The summed E-state index contributed by atoms with van der Waals surface area (Å²) in [6.45, 7) is 0. The predicted molar refractivity (Wildman–Crippen MR) is 100.0 cm³/mol. The molecule has 0 heterocycles. The number of fused-ring (bicyclic) bond motifs is 2. The quantitative estimate of drug-likeness (QED) is 0.237. The zero-order chi connectivity index (χ0) is 17.8. The van der Waals surface area contributed by atoms with Crippen LogP contribution >= 0.6 is 24.0 Å². The molecule has 0 saturated heterocycles. The Hall–Kier alpha value is -2.13. The van der Waals surface area contributed by atoms with Gasteiger partial charge >= 0.3 is 0 Å². The minimum absolute atomic E-state index is 0.00483. The second-order valence-electron chi connectivity index (χ2n) is 6.05. The summed E-state index contributed by atoms with van der Waals surface area (Å²) < 4.78 is 0. The van der Waals surface area contributed by atoms with Crippen LogP contribution < -0.4 is 16.2 Å². The number of thioether (sulfide) groups is 1. The second-order valence-corrected chi connectivity index (χ2v) is 7.47. The van der Waals surface area contributed by atoms with Crippen molar-refractivity contribution in [2.24, 2.45) is 11.8 Å². The van der Waals surface area contributed by atoms with Gasteiger partial charge in [0.15, 0.2) is 5.11 Å². The molecule has 3 N–H and O–H groups in total. The zero-order valence-electron chi connectivity index (χ0n) is 13.3. The summed E-state index contributed by atoms with van der Waals surface area (Å²) in [5.41, 5.74) is 5.21. The Morgan fingerprint density at radius 3 is 2.76 bits per heavy atom. The van der Waals surface area contributed by atoms with Crippen LogP contribution in [0.4, 0.5) is 5.69 Å². The van der Waals surface area contributed by atoms with E-state index in [0.29, 0.717) is 27.9 Å². The fourth-order valence-corrected chi connectivity index (χ4v) is 4.21. The van der Waals surface area contributed by atoms with Crippen molar-refractivity contribution >= 4 is 40.7 Å². The number of allylic oxidation sites excluding steroid dienone is 1. The normalized spacial score (nSPS) is 23.3. The van der Waals surface area contributed by atoms with Gasteiger partial charge < -0.3 is 5.32 Å². The molecule has 1 fully saturated rings. The topological polar surface area (TPSA) is 96.3 Å². The molecule has 132 valence electrons. The van der Waals surface area contributed by atoms with Crippen LogP contribution in [0.5, 0.6) is 0 Å². The van der Waals surface area contributed by atoms with Crippen molar-refractivity contribution in [2.75, 3.05) is 5.75 Å². The van der Waals surface area contributed by atoms with Gasteiger partial charge in [0.05, 0.1) is 15.6 Å². The van der Waals surface area contributed by atoms with Crippen LogP contribution in [0, 0.1) is 22.0 Å². The van der Waals surface area contributed by atoms with Gasteiger partial charge in [-0.2, -0.15) is 0 Å². The first kappa shape index (κ1) is 17.7. The first-order chi connectivity index (χ1) is 12.0. The Balaban J connectivity index is 1.40. The number of amides is 1. The summed E-state index contributed by atoms with van der Waals surface area (Å²) in [4.78, 5) is 22.9. The van der Waals surface area contributed by atoms with E-state index in [1.807, 2.05) is 0 Å². The van der Waals surface area contributed by atoms with Crippen LogP contribution in [0.15, 0.2) is 41.3 Å². The standard InChI is InChI=1S/C16H18N4O3S2/c21-15(9-25-14-4-2-1-3-13(14)20(22)23)18-19-16(24)17-12-8-10-5-6-11(12)7-10/h1-6,10-12H,7-9H2,(H,18,21)(H2,17,19,24). The molecule has 2 bridgehead atoms. The first-order valence-electron chi connectivity index (χ1n) is 7.93. The number of carbonyl (C=O) groups excluding carboxylic acids is 1. The van der Waals surface area contributed by atoms with E-state index in [1.54, 1.807) is 18.2 Å². The molecule has 1 aromatic rings. The SMILES string of the molecule is O=C(CSc1ccccc1[N+](=O)[O-])NNC(=S)NC1CC2C=CC1C2. The number of nitro benzene ring substituents is 1. The van der Waals surface area contributed by atoms with E-state index in [4.69, 9.17) is 12.2 Å². The Bertz CT molecular complexity index is 725. The summed E-state index contributed by atoms with van der Waals surface area (Å²) in [5.74, 6) is 0.893. The molecule has 1 aromatic carbocycles. The van der Waals surface area contributed by atoms with Gasteiger partial charge in [-0.15, -0.1) is 11.8 Å². The number of hydrazine groups is 1. The first-order valence-corrected chi connectivity index (χ1v) is 9.32. The van der Waals surface area contributed by atoms with E-state index in [1.165, 1.54) is 12.5 Å². The number of nitrogens with zero attached hydrogens (tertiary/aromatic N) is 1. The van der Waals surface area contributed by atoms with Crippen molar-refractivity contribution in [3.8, 4) is 0 Å². The summed E-state index contributed by atoms with van der Waals surface area (Å²) in [6.07, 6.45) is 6.70. The number of para-hydroxylation sites is 1. The Labute approximate surface area is 154 Å². The summed E-state index contributed by atoms with van der Waals surface area (Å²) in [5, 5.41) is 14.6. The number of hydrogen-bond acceptors (Lipinski definition) is 5.